The third-order valence-electron chi connectivity index (χ3n) is 4.24. The van der Waals surface area contributed by atoms with Gasteiger partial charge in [0.15, 0.2) is 5.16 Å². The van der Waals surface area contributed by atoms with Crippen LogP contribution in [0.1, 0.15) is 12.8 Å². The summed E-state index contributed by atoms with van der Waals surface area (Å²) in [6.07, 6.45) is 2.20. The molecule has 128 valence electrons. The zero-order valence-electron chi connectivity index (χ0n) is 13.4. The number of carbonyl (C=O) groups is 1. The van der Waals surface area contributed by atoms with Crippen LogP contribution in [0.15, 0.2) is 40.9 Å². The van der Waals surface area contributed by atoms with Crippen LogP contribution in [0.4, 0.5) is 0 Å². The quantitative estimate of drug-likeness (QED) is 0.367. The largest absolute Gasteiger partial charge is 0.342 e. The number of nitrogens with zero attached hydrogens (tertiary/aromatic N) is 3. The summed E-state index contributed by atoms with van der Waals surface area (Å²) >= 11 is 9.36. The first-order valence-corrected chi connectivity index (χ1v) is 10.4. The van der Waals surface area contributed by atoms with Gasteiger partial charge in [-0.15, -0.1) is 11.3 Å². The van der Waals surface area contributed by atoms with E-state index in [0.29, 0.717) is 16.1 Å². The molecule has 0 atom stereocenters. The molecule has 3 heterocycles. The topological polar surface area (TPSA) is 46.1 Å². The van der Waals surface area contributed by atoms with Crippen molar-refractivity contribution in [1.29, 1.82) is 0 Å². The van der Waals surface area contributed by atoms with E-state index in [1.807, 2.05) is 23.1 Å². The van der Waals surface area contributed by atoms with Gasteiger partial charge >= 0.3 is 0 Å². The summed E-state index contributed by atoms with van der Waals surface area (Å²) in [5, 5.41) is 3.95. The van der Waals surface area contributed by atoms with E-state index in [-0.39, 0.29) is 5.91 Å². The fraction of sp³-hybridized carbons (Fsp3) is 0.278. The highest BCUT2D eigenvalue weighted by Gasteiger charge is 2.19. The van der Waals surface area contributed by atoms with Crippen LogP contribution in [-0.2, 0) is 4.79 Å². The number of thiophene rings is 1. The Kier molecular flexibility index (Phi) is 4.92. The second-order valence-corrected chi connectivity index (χ2v) is 8.03. The maximum Gasteiger partial charge on any atom is 0.233 e. The molecule has 3 aromatic rings. The summed E-state index contributed by atoms with van der Waals surface area (Å²) < 4.78 is 0. The zero-order valence-corrected chi connectivity index (χ0v) is 15.8. The van der Waals surface area contributed by atoms with E-state index >= 15 is 0 Å². The molecule has 1 aliphatic heterocycles. The Hall–Kier alpha value is -1.63. The minimum absolute atomic E-state index is 0.151. The lowest BCUT2D eigenvalue weighted by Gasteiger charge is -2.14. The number of fused-ring (bicyclic) bond motifs is 1. The predicted octanol–water partition coefficient (Wildman–Crippen LogP) is 4.73. The van der Waals surface area contributed by atoms with Crippen LogP contribution in [0, 0.1) is 0 Å². The number of benzene rings is 1. The van der Waals surface area contributed by atoms with Gasteiger partial charge in [-0.2, -0.15) is 0 Å². The third kappa shape index (κ3) is 3.52. The number of amides is 1. The molecule has 0 aliphatic carbocycles. The molecule has 1 fully saturated rings. The lowest BCUT2D eigenvalue weighted by molar-refractivity contribution is -0.127. The van der Waals surface area contributed by atoms with Crippen molar-refractivity contribution >= 4 is 50.8 Å². The first-order chi connectivity index (χ1) is 12.2. The monoisotopic (exact) mass is 389 g/mol. The second-order valence-electron chi connectivity index (χ2n) is 5.87. The van der Waals surface area contributed by atoms with Gasteiger partial charge in [0.25, 0.3) is 0 Å². The number of hydrogen-bond donors (Lipinski definition) is 0. The summed E-state index contributed by atoms with van der Waals surface area (Å²) in [6.45, 7) is 1.73. The molecule has 0 unspecified atom stereocenters. The van der Waals surface area contributed by atoms with Crippen molar-refractivity contribution < 1.29 is 4.79 Å². The Morgan fingerprint density at radius 1 is 1.20 bits per heavy atom. The molecular weight excluding hydrogens is 374 g/mol. The van der Waals surface area contributed by atoms with Gasteiger partial charge < -0.3 is 4.90 Å². The van der Waals surface area contributed by atoms with Gasteiger partial charge in [0.2, 0.25) is 5.91 Å². The molecule has 0 radical (unpaired) electrons. The van der Waals surface area contributed by atoms with E-state index < -0.39 is 0 Å². The number of aromatic nitrogens is 2. The fourth-order valence-corrected chi connectivity index (χ4v) is 5.09. The SMILES string of the molecule is O=C(CSc1nc(Cl)c2c(-c3ccccc3)csc2n1)N1CCCC1. The highest BCUT2D eigenvalue weighted by molar-refractivity contribution is 7.99. The Morgan fingerprint density at radius 3 is 2.72 bits per heavy atom. The Bertz CT molecular complexity index is 907. The van der Waals surface area contributed by atoms with Gasteiger partial charge in [0.05, 0.1) is 11.1 Å². The second kappa shape index (κ2) is 7.32. The number of hydrogen-bond acceptors (Lipinski definition) is 5. The summed E-state index contributed by atoms with van der Waals surface area (Å²) in [7, 11) is 0. The van der Waals surface area contributed by atoms with Crippen molar-refractivity contribution in [2.75, 3.05) is 18.8 Å². The molecule has 7 heteroatoms. The van der Waals surface area contributed by atoms with Crippen LogP contribution >= 0.6 is 34.7 Å². The highest BCUT2D eigenvalue weighted by atomic mass is 35.5. The molecule has 0 saturated carbocycles. The molecule has 4 rings (SSSR count). The van der Waals surface area contributed by atoms with Gasteiger partial charge in [-0.05, 0) is 18.4 Å². The first-order valence-electron chi connectivity index (χ1n) is 8.13. The van der Waals surface area contributed by atoms with Crippen LogP contribution in [0.25, 0.3) is 21.3 Å². The number of likely N-dealkylation sites (tertiary alicyclic amines) is 1. The molecule has 0 spiro atoms. The van der Waals surface area contributed by atoms with Gasteiger partial charge in [-0.3, -0.25) is 4.79 Å². The van der Waals surface area contributed by atoms with Crippen LogP contribution in [0.3, 0.4) is 0 Å². The smallest absolute Gasteiger partial charge is 0.233 e. The highest BCUT2D eigenvalue weighted by Crippen LogP contribution is 2.37. The van der Waals surface area contributed by atoms with Crippen LogP contribution in [-0.4, -0.2) is 39.6 Å². The van der Waals surface area contributed by atoms with E-state index in [0.717, 1.165) is 47.3 Å². The normalized spacial score (nSPS) is 14.4. The summed E-state index contributed by atoms with van der Waals surface area (Å²) in [4.78, 5) is 23.9. The van der Waals surface area contributed by atoms with E-state index in [9.17, 15) is 4.79 Å². The molecule has 25 heavy (non-hydrogen) atoms. The molecule has 0 bridgehead atoms. The van der Waals surface area contributed by atoms with Crippen molar-refractivity contribution in [3.05, 3.63) is 40.9 Å². The average molecular weight is 390 g/mol. The molecule has 4 nitrogen and oxygen atoms in total. The van der Waals surface area contributed by atoms with Crippen LogP contribution in [0.2, 0.25) is 5.15 Å². The first kappa shape index (κ1) is 16.8. The van der Waals surface area contributed by atoms with E-state index in [1.165, 1.54) is 11.8 Å². The lowest BCUT2D eigenvalue weighted by atomic mass is 10.1. The van der Waals surface area contributed by atoms with Crippen LogP contribution in [0.5, 0.6) is 0 Å². The zero-order chi connectivity index (χ0) is 17.2. The van der Waals surface area contributed by atoms with Crippen molar-refractivity contribution in [3.63, 3.8) is 0 Å². The van der Waals surface area contributed by atoms with E-state index in [2.05, 4.69) is 27.5 Å². The minimum Gasteiger partial charge on any atom is -0.342 e. The van der Waals surface area contributed by atoms with E-state index in [1.54, 1.807) is 11.3 Å². The van der Waals surface area contributed by atoms with Crippen molar-refractivity contribution in [1.82, 2.24) is 14.9 Å². The van der Waals surface area contributed by atoms with Gasteiger partial charge in [-0.25, -0.2) is 9.97 Å². The van der Waals surface area contributed by atoms with Crippen molar-refractivity contribution in [3.8, 4) is 11.1 Å². The Labute approximate surface area is 159 Å². The fourth-order valence-electron chi connectivity index (χ4n) is 2.96. The molecule has 1 aliphatic rings. The minimum atomic E-state index is 0.151. The molecular formula is C18H16ClN3OS2. The summed E-state index contributed by atoms with van der Waals surface area (Å²) in [5.74, 6) is 0.511. The molecule has 2 aromatic heterocycles. The van der Waals surface area contributed by atoms with Gasteiger partial charge in [-0.1, -0.05) is 53.7 Å². The van der Waals surface area contributed by atoms with Crippen molar-refractivity contribution in [2.24, 2.45) is 0 Å². The third-order valence-corrected chi connectivity index (χ3v) is 6.21. The number of carbonyl (C=O) groups excluding carboxylic acids is 1. The number of rotatable bonds is 4. The predicted molar refractivity (Wildman–Crippen MR) is 104 cm³/mol. The van der Waals surface area contributed by atoms with Crippen molar-refractivity contribution in [2.45, 2.75) is 18.0 Å². The van der Waals surface area contributed by atoms with Crippen LogP contribution < -0.4 is 0 Å². The molecule has 0 N–H and O–H groups in total. The Morgan fingerprint density at radius 2 is 1.96 bits per heavy atom. The number of halogens is 1. The molecule has 1 saturated heterocycles. The van der Waals surface area contributed by atoms with E-state index in [4.69, 9.17) is 11.6 Å². The summed E-state index contributed by atoms with van der Waals surface area (Å²) in [5.41, 5.74) is 2.15. The maximum absolute atomic E-state index is 12.2. The maximum atomic E-state index is 12.2. The standard InChI is InChI=1S/C18H16ClN3OS2/c19-16-15-13(12-6-2-1-3-7-12)10-24-17(15)21-18(20-16)25-11-14(23)22-8-4-5-9-22/h1-3,6-7,10H,4-5,8-9,11H2. The molecule has 1 aromatic carbocycles. The average Bonchev–Trinajstić information content (AvgIpc) is 3.30. The van der Waals surface area contributed by atoms with Gasteiger partial charge in [0.1, 0.15) is 9.98 Å². The number of thioether (sulfide) groups is 1. The lowest BCUT2D eigenvalue weighted by Crippen LogP contribution is -2.29. The summed E-state index contributed by atoms with van der Waals surface area (Å²) in [6, 6.07) is 10.1. The van der Waals surface area contributed by atoms with Gasteiger partial charge in [0, 0.05) is 24.0 Å². The Balaban J connectivity index is 1.57. The molecule has 1 amide bonds.